The van der Waals surface area contributed by atoms with Crippen LogP contribution in [-0.4, -0.2) is 59.9 Å². The van der Waals surface area contributed by atoms with Crippen molar-refractivity contribution >= 4 is 5.97 Å². The van der Waals surface area contributed by atoms with Gasteiger partial charge in [-0.25, -0.2) is 8.78 Å². The minimum absolute atomic E-state index is 0.00384. The third-order valence-corrected chi connectivity index (χ3v) is 8.01. The second kappa shape index (κ2) is 17.7. The maximum Gasteiger partial charge on any atom is 0.305 e. The molecule has 1 aliphatic carbocycles. The molecule has 8 heteroatoms. The van der Waals surface area contributed by atoms with E-state index in [1.807, 2.05) is 6.92 Å². The summed E-state index contributed by atoms with van der Waals surface area (Å²) in [6, 6.07) is 0. The van der Waals surface area contributed by atoms with Crippen molar-refractivity contribution in [2.45, 2.75) is 154 Å². The Bertz CT molecular complexity index is 613. The SMILES string of the molecule is CCCCOC(=O)CCCCCC[C@@H]1[C@@H](CCC(O)C(F)(F)CCCC)[C@H](OC2CCCCO2)C[C@@H]1O. The van der Waals surface area contributed by atoms with Crippen molar-refractivity contribution in [1.82, 2.24) is 0 Å². The average molecular weight is 535 g/mol. The van der Waals surface area contributed by atoms with Gasteiger partial charge in [0.15, 0.2) is 6.29 Å². The molecule has 37 heavy (non-hydrogen) atoms. The van der Waals surface area contributed by atoms with Gasteiger partial charge in [-0.1, -0.05) is 46.0 Å². The average Bonchev–Trinajstić information content (AvgIpc) is 3.17. The van der Waals surface area contributed by atoms with Gasteiger partial charge in [0.25, 0.3) is 5.92 Å². The molecule has 6 atom stereocenters. The van der Waals surface area contributed by atoms with Crippen LogP contribution >= 0.6 is 0 Å². The van der Waals surface area contributed by atoms with Gasteiger partial charge in [0.1, 0.15) is 6.10 Å². The van der Waals surface area contributed by atoms with Crippen molar-refractivity contribution in [2.75, 3.05) is 13.2 Å². The van der Waals surface area contributed by atoms with Crippen LogP contribution in [0.1, 0.15) is 123 Å². The lowest BCUT2D eigenvalue weighted by molar-refractivity contribution is -0.197. The quantitative estimate of drug-likeness (QED) is 0.144. The Hall–Kier alpha value is -0.830. The van der Waals surface area contributed by atoms with Crippen molar-refractivity contribution in [2.24, 2.45) is 11.8 Å². The van der Waals surface area contributed by atoms with Crippen LogP contribution in [0.5, 0.6) is 0 Å². The number of aliphatic hydroxyl groups excluding tert-OH is 2. The van der Waals surface area contributed by atoms with Crippen LogP contribution in [0.15, 0.2) is 0 Å². The molecule has 1 saturated carbocycles. The van der Waals surface area contributed by atoms with Crippen LogP contribution in [0, 0.1) is 11.8 Å². The fourth-order valence-electron chi connectivity index (χ4n) is 5.67. The summed E-state index contributed by atoms with van der Waals surface area (Å²) < 4.78 is 46.0. The van der Waals surface area contributed by atoms with Crippen molar-refractivity contribution in [3.8, 4) is 0 Å². The molecule has 6 nitrogen and oxygen atoms in total. The zero-order valence-electron chi connectivity index (χ0n) is 23.2. The monoisotopic (exact) mass is 534 g/mol. The summed E-state index contributed by atoms with van der Waals surface area (Å²) in [6.07, 6.45) is 8.29. The number of aliphatic hydroxyl groups is 2. The van der Waals surface area contributed by atoms with Gasteiger partial charge >= 0.3 is 5.97 Å². The van der Waals surface area contributed by atoms with E-state index in [-0.39, 0.29) is 43.0 Å². The summed E-state index contributed by atoms with van der Waals surface area (Å²) in [6.45, 7) is 5.07. The summed E-state index contributed by atoms with van der Waals surface area (Å²) in [5.74, 6) is -3.38. The number of carbonyl (C=O) groups excluding carboxylic acids is 1. The molecule has 0 spiro atoms. The molecule has 0 aromatic carbocycles. The Morgan fingerprint density at radius 2 is 1.78 bits per heavy atom. The molecule has 1 aliphatic heterocycles. The van der Waals surface area contributed by atoms with E-state index < -0.39 is 18.1 Å². The minimum atomic E-state index is -3.09. The molecule has 0 radical (unpaired) electrons. The van der Waals surface area contributed by atoms with Gasteiger partial charge in [0.2, 0.25) is 0 Å². The third kappa shape index (κ3) is 11.8. The van der Waals surface area contributed by atoms with E-state index in [0.29, 0.717) is 45.3 Å². The van der Waals surface area contributed by atoms with E-state index in [2.05, 4.69) is 6.92 Å². The highest BCUT2D eigenvalue weighted by atomic mass is 19.3. The summed E-state index contributed by atoms with van der Waals surface area (Å²) in [5, 5.41) is 21.2. The minimum Gasteiger partial charge on any atom is -0.466 e. The number of hydrogen-bond acceptors (Lipinski definition) is 6. The van der Waals surface area contributed by atoms with Crippen LogP contribution < -0.4 is 0 Å². The smallest absolute Gasteiger partial charge is 0.305 e. The lowest BCUT2D eigenvalue weighted by Gasteiger charge is -2.31. The summed E-state index contributed by atoms with van der Waals surface area (Å²) >= 11 is 0. The Morgan fingerprint density at radius 3 is 2.49 bits per heavy atom. The van der Waals surface area contributed by atoms with E-state index in [4.69, 9.17) is 14.2 Å². The molecule has 1 heterocycles. The molecule has 0 bridgehead atoms. The standard InChI is InChI=1S/C29H52F2O6/c1-3-5-18-29(30,31)26(33)17-16-23-22(13-9-7-8-10-14-27(34)35-19-6-4-2)24(32)21-25(23)37-28-15-11-12-20-36-28/h22-26,28,32-33H,3-21H2,1-2H3/t22-,23-,24+,25-,26?,28?/m1/s1. The number of alkyl halides is 2. The second-order valence-electron chi connectivity index (χ2n) is 11.1. The van der Waals surface area contributed by atoms with E-state index in [9.17, 15) is 23.8 Å². The highest BCUT2D eigenvalue weighted by Crippen LogP contribution is 2.42. The van der Waals surface area contributed by atoms with Crippen molar-refractivity contribution < 1.29 is 38.0 Å². The van der Waals surface area contributed by atoms with Crippen LogP contribution in [0.4, 0.5) is 8.78 Å². The van der Waals surface area contributed by atoms with E-state index in [1.54, 1.807) is 0 Å². The van der Waals surface area contributed by atoms with Crippen molar-refractivity contribution in [3.63, 3.8) is 0 Å². The molecule has 2 N–H and O–H groups in total. The topological polar surface area (TPSA) is 85.2 Å². The molecule has 0 aromatic rings. The van der Waals surface area contributed by atoms with Crippen molar-refractivity contribution in [1.29, 1.82) is 0 Å². The van der Waals surface area contributed by atoms with Gasteiger partial charge in [0, 0.05) is 25.9 Å². The van der Waals surface area contributed by atoms with Crippen LogP contribution in [0.2, 0.25) is 0 Å². The zero-order chi connectivity index (χ0) is 27.1. The van der Waals surface area contributed by atoms with Crippen LogP contribution in [0.25, 0.3) is 0 Å². The fraction of sp³-hybridized carbons (Fsp3) is 0.966. The predicted molar refractivity (Wildman–Crippen MR) is 139 cm³/mol. The lowest BCUT2D eigenvalue weighted by Crippen LogP contribution is -2.36. The van der Waals surface area contributed by atoms with Gasteiger partial charge in [-0.05, 0) is 69.6 Å². The number of carbonyl (C=O) groups is 1. The summed E-state index contributed by atoms with van der Waals surface area (Å²) in [7, 11) is 0. The number of rotatable bonds is 19. The molecule has 0 amide bonds. The van der Waals surface area contributed by atoms with E-state index in [0.717, 1.165) is 64.2 Å². The van der Waals surface area contributed by atoms with Gasteiger partial charge in [-0.2, -0.15) is 0 Å². The molecule has 218 valence electrons. The van der Waals surface area contributed by atoms with Crippen molar-refractivity contribution in [3.05, 3.63) is 0 Å². The number of ether oxygens (including phenoxy) is 3. The molecule has 2 aliphatic rings. The molecule has 2 unspecified atom stereocenters. The van der Waals surface area contributed by atoms with Gasteiger partial charge in [-0.3, -0.25) is 4.79 Å². The maximum absolute atomic E-state index is 14.4. The maximum atomic E-state index is 14.4. The Labute approximate surface area is 222 Å². The highest BCUT2D eigenvalue weighted by Gasteiger charge is 2.45. The molecular weight excluding hydrogens is 482 g/mol. The first-order valence-electron chi connectivity index (χ1n) is 14.9. The fourth-order valence-corrected chi connectivity index (χ4v) is 5.67. The zero-order valence-corrected chi connectivity index (χ0v) is 23.2. The summed E-state index contributed by atoms with van der Waals surface area (Å²) in [4.78, 5) is 11.7. The van der Waals surface area contributed by atoms with Gasteiger partial charge in [-0.15, -0.1) is 0 Å². The number of halogens is 2. The highest BCUT2D eigenvalue weighted by molar-refractivity contribution is 5.69. The molecular formula is C29H52F2O6. The normalized spacial score (nSPS) is 27.4. The largest absolute Gasteiger partial charge is 0.466 e. The first-order valence-corrected chi connectivity index (χ1v) is 14.9. The Kier molecular flexibility index (Phi) is 15.5. The molecule has 2 rings (SSSR count). The molecule has 2 fully saturated rings. The molecule has 0 aromatic heterocycles. The number of hydrogen-bond donors (Lipinski definition) is 2. The number of esters is 1. The Balaban J connectivity index is 1.85. The lowest BCUT2D eigenvalue weighted by atomic mass is 9.84. The van der Waals surface area contributed by atoms with E-state index >= 15 is 0 Å². The Morgan fingerprint density at radius 1 is 1.03 bits per heavy atom. The predicted octanol–water partition coefficient (Wildman–Crippen LogP) is 6.55. The second-order valence-corrected chi connectivity index (χ2v) is 11.1. The van der Waals surface area contributed by atoms with Gasteiger partial charge in [0.05, 0.1) is 18.8 Å². The first-order chi connectivity index (χ1) is 17.8. The van der Waals surface area contributed by atoms with E-state index in [1.165, 1.54) is 0 Å². The van der Waals surface area contributed by atoms with Crippen LogP contribution in [-0.2, 0) is 19.0 Å². The number of unbranched alkanes of at least 4 members (excludes halogenated alkanes) is 5. The van der Waals surface area contributed by atoms with Gasteiger partial charge < -0.3 is 24.4 Å². The first kappa shape index (κ1) is 32.4. The third-order valence-electron chi connectivity index (χ3n) is 8.01. The van der Waals surface area contributed by atoms with Crippen LogP contribution in [0.3, 0.4) is 0 Å². The molecule has 1 saturated heterocycles. The summed E-state index contributed by atoms with van der Waals surface area (Å²) in [5.41, 5.74) is 0.